The molecule has 4 heterocycles. The molecule has 1 atom stereocenters. The van der Waals surface area contributed by atoms with Crippen LogP contribution >= 0.6 is 0 Å². The Kier molecular flexibility index (Phi) is 4.49. The van der Waals surface area contributed by atoms with Gasteiger partial charge in [-0.1, -0.05) is 0 Å². The molecule has 0 aliphatic carbocycles. The minimum Gasteiger partial charge on any atom is -0.459 e. The highest BCUT2D eigenvalue weighted by Gasteiger charge is 2.65. The van der Waals surface area contributed by atoms with Crippen LogP contribution in [0.1, 0.15) is 30.0 Å². The summed E-state index contributed by atoms with van der Waals surface area (Å²) in [7, 11) is 0. The molecular formula is C22H21N3O8. The number of carbonyl (C=O) groups excluding carboxylic acids is 3. The van der Waals surface area contributed by atoms with Crippen molar-refractivity contribution in [3.63, 3.8) is 0 Å². The van der Waals surface area contributed by atoms with E-state index in [4.69, 9.17) is 13.9 Å². The Bertz CT molecular complexity index is 1150. The molecule has 0 saturated carbocycles. The standard InChI is InChI=1S/C22H21N3O8/c1-21(2)32-19(27)22(20(28)33-21)11-13-10-14(25(29)30)5-6-15(13)24-8-7-23(12-17(22)24)18(26)16-4-3-9-31-16/h3-6,9-10,17H,7-8,11-12H2,1-2H3. The summed E-state index contributed by atoms with van der Waals surface area (Å²) >= 11 is 0. The molecule has 1 aromatic carbocycles. The van der Waals surface area contributed by atoms with E-state index in [1.165, 1.54) is 37.1 Å². The van der Waals surface area contributed by atoms with Crippen molar-refractivity contribution in [3.05, 3.63) is 58.0 Å². The Hall–Kier alpha value is -3.89. The third-order valence-corrected chi connectivity index (χ3v) is 6.43. The van der Waals surface area contributed by atoms with Gasteiger partial charge in [0.05, 0.1) is 17.2 Å². The number of nitrogens with zero attached hydrogens (tertiary/aromatic N) is 3. The fourth-order valence-corrected chi connectivity index (χ4v) is 4.91. The van der Waals surface area contributed by atoms with Gasteiger partial charge in [-0.15, -0.1) is 0 Å². The fraction of sp³-hybridized carbons (Fsp3) is 0.409. The van der Waals surface area contributed by atoms with Gasteiger partial charge in [0.15, 0.2) is 11.2 Å². The largest absolute Gasteiger partial charge is 0.459 e. The number of benzene rings is 1. The van der Waals surface area contributed by atoms with E-state index in [1.54, 1.807) is 18.2 Å². The number of anilines is 1. The number of rotatable bonds is 2. The van der Waals surface area contributed by atoms with E-state index >= 15 is 0 Å². The molecule has 3 aliphatic heterocycles. The average Bonchev–Trinajstić information content (AvgIpc) is 3.30. The molecule has 0 radical (unpaired) electrons. The van der Waals surface area contributed by atoms with Gasteiger partial charge in [0, 0.05) is 57.7 Å². The number of piperazine rings is 1. The summed E-state index contributed by atoms with van der Waals surface area (Å²) in [6.07, 6.45) is 1.26. The van der Waals surface area contributed by atoms with Gasteiger partial charge < -0.3 is 23.7 Å². The second-order valence-electron chi connectivity index (χ2n) is 8.83. The third kappa shape index (κ3) is 3.14. The van der Waals surface area contributed by atoms with Crippen molar-refractivity contribution in [2.45, 2.75) is 32.1 Å². The molecule has 0 bridgehead atoms. The quantitative estimate of drug-likeness (QED) is 0.288. The summed E-state index contributed by atoms with van der Waals surface area (Å²) in [5.74, 6) is -3.20. The van der Waals surface area contributed by atoms with Gasteiger partial charge in [-0.05, 0) is 23.8 Å². The molecule has 3 aliphatic rings. The number of carbonyl (C=O) groups is 3. The fourth-order valence-electron chi connectivity index (χ4n) is 4.91. The van der Waals surface area contributed by atoms with Crippen LogP contribution in [-0.2, 0) is 25.5 Å². The molecule has 33 heavy (non-hydrogen) atoms. The van der Waals surface area contributed by atoms with E-state index in [2.05, 4.69) is 0 Å². The summed E-state index contributed by atoms with van der Waals surface area (Å²) in [5.41, 5.74) is -0.779. The Labute approximate surface area is 188 Å². The van der Waals surface area contributed by atoms with Crippen LogP contribution < -0.4 is 4.90 Å². The van der Waals surface area contributed by atoms with Crippen LogP contribution in [0.15, 0.2) is 41.0 Å². The first-order chi connectivity index (χ1) is 15.6. The molecule has 1 aromatic heterocycles. The normalized spacial score (nSPS) is 22.8. The molecule has 11 nitrogen and oxygen atoms in total. The Morgan fingerprint density at radius 3 is 2.52 bits per heavy atom. The van der Waals surface area contributed by atoms with Crippen LogP contribution in [0.4, 0.5) is 11.4 Å². The lowest BCUT2D eigenvalue weighted by atomic mass is 9.69. The maximum absolute atomic E-state index is 13.4. The van der Waals surface area contributed by atoms with Gasteiger partial charge in [-0.2, -0.15) is 0 Å². The number of non-ortho nitro benzene ring substituents is 1. The Balaban J connectivity index is 1.60. The van der Waals surface area contributed by atoms with Crippen LogP contribution in [0.3, 0.4) is 0 Å². The SMILES string of the molecule is CC1(C)OC(=O)C2(Cc3cc([N+](=O)[O-])ccc3N3CCN(C(=O)c4ccco4)CC32)C(=O)O1. The summed E-state index contributed by atoms with van der Waals surface area (Å²) in [5, 5.41) is 11.3. The summed E-state index contributed by atoms with van der Waals surface area (Å²) in [6.45, 7) is 3.57. The summed E-state index contributed by atoms with van der Waals surface area (Å²) < 4.78 is 16.2. The Morgan fingerprint density at radius 2 is 1.88 bits per heavy atom. The highest BCUT2D eigenvalue weighted by Crippen LogP contribution is 2.48. The number of nitro benzene ring substituents is 1. The van der Waals surface area contributed by atoms with E-state index in [0.29, 0.717) is 24.3 Å². The van der Waals surface area contributed by atoms with Crippen molar-refractivity contribution in [2.75, 3.05) is 24.5 Å². The van der Waals surface area contributed by atoms with E-state index in [-0.39, 0.29) is 30.3 Å². The minimum atomic E-state index is -1.78. The Morgan fingerprint density at radius 1 is 1.15 bits per heavy atom. The highest BCUT2D eigenvalue weighted by atomic mass is 16.7. The lowest BCUT2D eigenvalue weighted by Gasteiger charge is -2.54. The first-order valence-corrected chi connectivity index (χ1v) is 10.5. The molecular weight excluding hydrogens is 434 g/mol. The number of furan rings is 1. The van der Waals surface area contributed by atoms with E-state index < -0.39 is 34.1 Å². The predicted octanol–water partition coefficient (Wildman–Crippen LogP) is 1.90. The monoisotopic (exact) mass is 455 g/mol. The van der Waals surface area contributed by atoms with Crippen molar-refractivity contribution in [3.8, 4) is 0 Å². The average molecular weight is 455 g/mol. The summed E-state index contributed by atoms with van der Waals surface area (Å²) in [4.78, 5) is 53.9. The van der Waals surface area contributed by atoms with Gasteiger partial charge >= 0.3 is 11.9 Å². The zero-order valence-electron chi connectivity index (χ0n) is 18.0. The topological polar surface area (TPSA) is 132 Å². The molecule has 1 unspecified atom stereocenters. The lowest BCUT2D eigenvalue weighted by Crippen LogP contribution is -2.71. The number of nitro groups is 1. The van der Waals surface area contributed by atoms with E-state index in [1.807, 2.05) is 4.90 Å². The van der Waals surface area contributed by atoms with Gasteiger partial charge in [0.25, 0.3) is 17.4 Å². The zero-order chi connectivity index (χ0) is 23.5. The van der Waals surface area contributed by atoms with Gasteiger partial charge in [-0.25, -0.2) is 0 Å². The van der Waals surface area contributed by atoms with Gasteiger partial charge in [0.1, 0.15) is 0 Å². The van der Waals surface area contributed by atoms with E-state index in [0.717, 1.165) is 0 Å². The number of hydrogen-bond donors (Lipinski definition) is 0. The van der Waals surface area contributed by atoms with Crippen LogP contribution in [0.5, 0.6) is 0 Å². The highest BCUT2D eigenvalue weighted by molar-refractivity contribution is 6.04. The number of esters is 2. The van der Waals surface area contributed by atoms with Crippen LogP contribution in [0, 0.1) is 15.5 Å². The zero-order valence-corrected chi connectivity index (χ0v) is 18.0. The molecule has 2 aromatic rings. The molecule has 1 spiro atoms. The van der Waals surface area contributed by atoms with Crippen LogP contribution in [0.2, 0.25) is 0 Å². The van der Waals surface area contributed by atoms with Crippen LogP contribution in [0.25, 0.3) is 0 Å². The number of ether oxygens (including phenoxy) is 2. The van der Waals surface area contributed by atoms with Crippen molar-refractivity contribution in [1.82, 2.24) is 4.90 Å². The molecule has 5 rings (SSSR count). The molecule has 172 valence electrons. The first kappa shape index (κ1) is 21.0. The molecule has 2 saturated heterocycles. The van der Waals surface area contributed by atoms with E-state index in [9.17, 15) is 24.5 Å². The van der Waals surface area contributed by atoms with Crippen molar-refractivity contribution in [1.29, 1.82) is 0 Å². The van der Waals surface area contributed by atoms with Gasteiger partial charge in [0.2, 0.25) is 0 Å². The lowest BCUT2D eigenvalue weighted by molar-refractivity contribution is -0.384. The molecule has 1 amide bonds. The number of hydrogen-bond acceptors (Lipinski definition) is 9. The number of amides is 1. The molecule has 2 fully saturated rings. The number of cyclic esters (lactones) is 2. The third-order valence-electron chi connectivity index (χ3n) is 6.43. The maximum Gasteiger partial charge on any atom is 0.329 e. The second-order valence-corrected chi connectivity index (χ2v) is 8.83. The predicted molar refractivity (Wildman–Crippen MR) is 111 cm³/mol. The number of fused-ring (bicyclic) bond motifs is 4. The smallest absolute Gasteiger partial charge is 0.329 e. The second kappa shape index (κ2) is 7.06. The van der Waals surface area contributed by atoms with Gasteiger partial charge in [-0.3, -0.25) is 24.5 Å². The van der Waals surface area contributed by atoms with Crippen molar-refractivity contribution in [2.24, 2.45) is 5.41 Å². The molecule has 11 heteroatoms. The van der Waals surface area contributed by atoms with Crippen LogP contribution in [-0.4, -0.2) is 59.1 Å². The minimum absolute atomic E-state index is 0.0423. The molecule has 0 N–H and O–H groups in total. The maximum atomic E-state index is 13.4. The van der Waals surface area contributed by atoms with Crippen molar-refractivity contribution < 1.29 is 33.2 Å². The first-order valence-electron chi connectivity index (χ1n) is 10.5. The van der Waals surface area contributed by atoms with Crippen molar-refractivity contribution >= 4 is 29.2 Å². The summed E-state index contributed by atoms with van der Waals surface area (Å²) in [6, 6.07) is 6.73.